The number of nitrogens with two attached hydrogens (primary N) is 1. The van der Waals surface area contributed by atoms with E-state index in [1.165, 1.54) is 11.1 Å². The first-order valence-corrected chi connectivity index (χ1v) is 5.70. The number of likely N-dealkylation sites (N-methyl/N-ethyl adjacent to an activating group) is 1. The maximum absolute atomic E-state index is 5.71. The van der Waals surface area contributed by atoms with Gasteiger partial charge in [-0.15, -0.1) is 0 Å². The third kappa shape index (κ3) is 4.21. The second-order valence-corrected chi connectivity index (χ2v) is 4.29. The van der Waals surface area contributed by atoms with Gasteiger partial charge < -0.3 is 15.4 Å². The molecule has 1 aromatic rings. The van der Waals surface area contributed by atoms with Crippen LogP contribution in [0.3, 0.4) is 0 Å². The maximum atomic E-state index is 5.71. The lowest BCUT2D eigenvalue weighted by molar-refractivity contribution is 0.260. The summed E-state index contributed by atoms with van der Waals surface area (Å²) in [5.41, 5.74) is 7.99. The molecule has 0 saturated heterocycles. The Morgan fingerprint density at radius 1 is 1.31 bits per heavy atom. The third-order valence-electron chi connectivity index (χ3n) is 2.47. The fraction of sp³-hybridized carbons (Fsp3) is 0.538. The van der Waals surface area contributed by atoms with Gasteiger partial charge in [-0.3, -0.25) is 0 Å². The van der Waals surface area contributed by atoms with Gasteiger partial charge >= 0.3 is 0 Å². The molecule has 1 aromatic carbocycles. The van der Waals surface area contributed by atoms with E-state index in [2.05, 4.69) is 24.0 Å². The standard InChI is InChI=1S/C13H22N2O/c1-11-10-12(6-7-14)4-5-13(11)16-9-8-15(2)3/h4-5,10H,6-9,14H2,1-3H3. The number of rotatable bonds is 6. The lowest BCUT2D eigenvalue weighted by Gasteiger charge is -2.13. The Morgan fingerprint density at radius 2 is 2.06 bits per heavy atom. The van der Waals surface area contributed by atoms with Crippen molar-refractivity contribution in [3.05, 3.63) is 29.3 Å². The first-order valence-electron chi connectivity index (χ1n) is 5.70. The Bertz CT molecular complexity index is 324. The summed E-state index contributed by atoms with van der Waals surface area (Å²) in [6.45, 7) is 4.43. The van der Waals surface area contributed by atoms with Crippen LogP contribution < -0.4 is 10.5 Å². The lowest BCUT2D eigenvalue weighted by Crippen LogP contribution is -2.19. The van der Waals surface area contributed by atoms with E-state index in [1.54, 1.807) is 0 Å². The average Bonchev–Trinajstić information content (AvgIpc) is 2.21. The van der Waals surface area contributed by atoms with Crippen molar-refractivity contribution in [2.45, 2.75) is 13.3 Å². The molecule has 3 heteroatoms. The van der Waals surface area contributed by atoms with Gasteiger partial charge in [0.2, 0.25) is 0 Å². The van der Waals surface area contributed by atoms with Crippen LogP contribution in [0.25, 0.3) is 0 Å². The molecule has 0 saturated carbocycles. The van der Waals surface area contributed by atoms with Crippen LogP contribution in [0.2, 0.25) is 0 Å². The minimum atomic E-state index is 0.695. The van der Waals surface area contributed by atoms with Crippen LogP contribution in [-0.4, -0.2) is 38.7 Å². The number of hydrogen-bond donors (Lipinski definition) is 1. The molecular formula is C13H22N2O. The Morgan fingerprint density at radius 3 is 2.62 bits per heavy atom. The van der Waals surface area contributed by atoms with E-state index < -0.39 is 0 Å². The van der Waals surface area contributed by atoms with E-state index in [4.69, 9.17) is 10.5 Å². The summed E-state index contributed by atoms with van der Waals surface area (Å²) in [5, 5.41) is 0. The van der Waals surface area contributed by atoms with Gasteiger partial charge in [0.05, 0.1) is 0 Å². The van der Waals surface area contributed by atoms with Crippen molar-refractivity contribution in [1.82, 2.24) is 4.90 Å². The van der Waals surface area contributed by atoms with Gasteiger partial charge in [-0.25, -0.2) is 0 Å². The molecule has 0 radical (unpaired) electrons. The van der Waals surface area contributed by atoms with E-state index in [1.807, 2.05) is 20.2 Å². The zero-order valence-electron chi connectivity index (χ0n) is 10.5. The molecule has 90 valence electrons. The number of ether oxygens (including phenoxy) is 1. The molecule has 1 rings (SSSR count). The van der Waals surface area contributed by atoms with Crippen LogP contribution in [0, 0.1) is 6.92 Å². The molecule has 0 aliphatic heterocycles. The lowest BCUT2D eigenvalue weighted by atomic mass is 10.1. The average molecular weight is 222 g/mol. The summed E-state index contributed by atoms with van der Waals surface area (Å²) in [5.74, 6) is 0.975. The minimum absolute atomic E-state index is 0.695. The zero-order valence-corrected chi connectivity index (χ0v) is 10.5. The van der Waals surface area contributed by atoms with Crippen molar-refractivity contribution < 1.29 is 4.74 Å². The minimum Gasteiger partial charge on any atom is -0.492 e. The molecule has 0 heterocycles. The first-order chi connectivity index (χ1) is 7.63. The predicted octanol–water partition coefficient (Wildman–Crippen LogP) is 1.44. The van der Waals surface area contributed by atoms with Gasteiger partial charge in [-0.1, -0.05) is 12.1 Å². The third-order valence-corrected chi connectivity index (χ3v) is 2.47. The second-order valence-electron chi connectivity index (χ2n) is 4.29. The molecule has 0 atom stereocenters. The Labute approximate surface area is 98.2 Å². The van der Waals surface area contributed by atoms with E-state index in [-0.39, 0.29) is 0 Å². The van der Waals surface area contributed by atoms with Crippen molar-refractivity contribution in [3.63, 3.8) is 0 Å². The van der Waals surface area contributed by atoms with Gasteiger partial charge in [0.15, 0.2) is 0 Å². The molecule has 0 aromatic heterocycles. The Balaban J connectivity index is 2.54. The number of aryl methyl sites for hydroxylation is 1. The fourth-order valence-electron chi connectivity index (χ4n) is 1.53. The van der Waals surface area contributed by atoms with Crippen LogP contribution >= 0.6 is 0 Å². The highest BCUT2D eigenvalue weighted by molar-refractivity contribution is 5.36. The van der Waals surface area contributed by atoms with Gasteiger partial charge in [0.1, 0.15) is 12.4 Å². The van der Waals surface area contributed by atoms with Crippen molar-refractivity contribution in [2.24, 2.45) is 5.73 Å². The smallest absolute Gasteiger partial charge is 0.122 e. The monoisotopic (exact) mass is 222 g/mol. The van der Waals surface area contributed by atoms with Crippen LogP contribution in [0.5, 0.6) is 5.75 Å². The number of hydrogen-bond acceptors (Lipinski definition) is 3. The molecule has 0 amide bonds. The van der Waals surface area contributed by atoms with E-state index in [0.29, 0.717) is 6.54 Å². The van der Waals surface area contributed by atoms with Crippen LogP contribution in [0.1, 0.15) is 11.1 Å². The summed E-state index contributed by atoms with van der Waals surface area (Å²) in [6, 6.07) is 6.28. The summed E-state index contributed by atoms with van der Waals surface area (Å²) >= 11 is 0. The molecule has 16 heavy (non-hydrogen) atoms. The summed E-state index contributed by atoms with van der Waals surface area (Å²) in [6.07, 6.45) is 0.929. The summed E-state index contributed by atoms with van der Waals surface area (Å²) in [7, 11) is 4.08. The fourth-order valence-corrected chi connectivity index (χ4v) is 1.53. The molecule has 0 spiro atoms. The molecule has 0 fully saturated rings. The summed E-state index contributed by atoms with van der Waals surface area (Å²) in [4.78, 5) is 2.11. The highest BCUT2D eigenvalue weighted by Gasteiger charge is 2.01. The number of nitrogens with zero attached hydrogens (tertiary/aromatic N) is 1. The van der Waals surface area contributed by atoms with Crippen molar-refractivity contribution in [2.75, 3.05) is 33.8 Å². The second kappa shape index (κ2) is 6.51. The SMILES string of the molecule is Cc1cc(CCN)ccc1OCCN(C)C. The molecule has 2 N–H and O–H groups in total. The van der Waals surface area contributed by atoms with Crippen LogP contribution in [-0.2, 0) is 6.42 Å². The van der Waals surface area contributed by atoms with Crippen molar-refractivity contribution in [1.29, 1.82) is 0 Å². The van der Waals surface area contributed by atoms with Gasteiger partial charge in [-0.05, 0) is 51.2 Å². The predicted molar refractivity (Wildman–Crippen MR) is 68.0 cm³/mol. The van der Waals surface area contributed by atoms with Gasteiger partial charge in [0.25, 0.3) is 0 Å². The molecule has 0 aliphatic carbocycles. The first kappa shape index (κ1) is 13.0. The van der Waals surface area contributed by atoms with Crippen LogP contribution in [0.15, 0.2) is 18.2 Å². The maximum Gasteiger partial charge on any atom is 0.122 e. The van der Waals surface area contributed by atoms with E-state index in [9.17, 15) is 0 Å². The highest BCUT2D eigenvalue weighted by Crippen LogP contribution is 2.19. The molecular weight excluding hydrogens is 200 g/mol. The zero-order chi connectivity index (χ0) is 12.0. The largest absolute Gasteiger partial charge is 0.492 e. The van der Waals surface area contributed by atoms with Gasteiger partial charge in [-0.2, -0.15) is 0 Å². The quantitative estimate of drug-likeness (QED) is 0.791. The Kier molecular flexibility index (Phi) is 5.29. The topological polar surface area (TPSA) is 38.5 Å². The van der Waals surface area contributed by atoms with Crippen molar-refractivity contribution in [3.8, 4) is 5.75 Å². The van der Waals surface area contributed by atoms with E-state index in [0.717, 1.165) is 25.3 Å². The highest BCUT2D eigenvalue weighted by atomic mass is 16.5. The van der Waals surface area contributed by atoms with E-state index >= 15 is 0 Å². The molecule has 0 unspecified atom stereocenters. The summed E-state index contributed by atoms with van der Waals surface area (Å²) < 4.78 is 5.71. The molecule has 0 aliphatic rings. The van der Waals surface area contributed by atoms with Crippen molar-refractivity contribution >= 4 is 0 Å². The molecule has 3 nitrogen and oxygen atoms in total. The Hall–Kier alpha value is -1.06. The van der Waals surface area contributed by atoms with Gasteiger partial charge in [0, 0.05) is 6.54 Å². The number of benzene rings is 1. The van der Waals surface area contributed by atoms with Crippen LogP contribution in [0.4, 0.5) is 0 Å². The normalized spacial score (nSPS) is 10.8. The molecule has 0 bridgehead atoms.